The smallest absolute Gasteiger partial charge is 0.336 e. The van der Waals surface area contributed by atoms with Crippen molar-refractivity contribution in [3.05, 3.63) is 46.0 Å². The molecule has 96 valence electrons. The molecule has 0 saturated heterocycles. The standard InChI is InChI=1S/C13H13F2NO2/c1-2-3-4-5-8-6-10(17)18-9-7-16-12(11(8)9)13(14)15/h2,6,13H,1,3-5,7H2. The summed E-state index contributed by atoms with van der Waals surface area (Å²) in [5.74, 6) is 0.256. The third-order valence-corrected chi connectivity index (χ3v) is 2.83. The number of unbranched alkanes of at least 4 members (excludes halogenated alkanes) is 1. The number of allylic oxidation sites excluding steroid dienone is 1. The van der Waals surface area contributed by atoms with Crippen LogP contribution in [-0.2, 0) is 13.0 Å². The highest BCUT2D eigenvalue weighted by atomic mass is 19.3. The summed E-state index contributed by atoms with van der Waals surface area (Å²) in [6.07, 6.45) is 1.20. The molecule has 1 aliphatic heterocycles. The van der Waals surface area contributed by atoms with Crippen LogP contribution >= 0.6 is 0 Å². The molecule has 0 aromatic carbocycles. The van der Waals surface area contributed by atoms with Gasteiger partial charge in [0.1, 0.15) is 11.5 Å². The van der Waals surface area contributed by atoms with Gasteiger partial charge in [-0.05, 0) is 24.8 Å². The third-order valence-electron chi connectivity index (χ3n) is 2.83. The summed E-state index contributed by atoms with van der Waals surface area (Å²) in [4.78, 5) is 15.1. The van der Waals surface area contributed by atoms with Crippen molar-refractivity contribution in [2.75, 3.05) is 0 Å². The summed E-state index contributed by atoms with van der Waals surface area (Å²) in [6.45, 7) is 3.63. The quantitative estimate of drug-likeness (QED) is 0.598. The number of alkyl halides is 2. The Morgan fingerprint density at radius 2 is 2.33 bits per heavy atom. The summed E-state index contributed by atoms with van der Waals surface area (Å²) >= 11 is 0. The van der Waals surface area contributed by atoms with E-state index in [9.17, 15) is 13.6 Å². The van der Waals surface area contributed by atoms with Crippen molar-refractivity contribution in [1.82, 2.24) is 0 Å². The fourth-order valence-corrected chi connectivity index (χ4v) is 2.06. The minimum Gasteiger partial charge on any atom is -0.425 e. The molecule has 3 nitrogen and oxygen atoms in total. The molecule has 2 heterocycles. The number of hydrogen-bond donors (Lipinski definition) is 0. The van der Waals surface area contributed by atoms with Gasteiger partial charge in [-0.2, -0.15) is 0 Å². The zero-order valence-electron chi connectivity index (χ0n) is 9.79. The average Bonchev–Trinajstić information content (AvgIpc) is 2.72. The Balaban J connectivity index is 2.37. The number of aryl methyl sites for hydroxylation is 1. The topological polar surface area (TPSA) is 42.6 Å². The molecule has 1 aromatic heterocycles. The Bertz CT molecular complexity index is 546. The van der Waals surface area contributed by atoms with E-state index in [1.54, 1.807) is 6.08 Å². The van der Waals surface area contributed by atoms with Crippen molar-refractivity contribution in [2.45, 2.75) is 32.2 Å². The molecule has 1 aromatic rings. The van der Waals surface area contributed by atoms with Gasteiger partial charge in [0.05, 0.1) is 6.54 Å². The molecule has 0 amide bonds. The SMILES string of the molecule is C=CCCCc1cc(=O)oc2c1C(C(F)F)=NC2. The molecule has 2 rings (SSSR count). The maximum atomic E-state index is 12.8. The molecule has 0 saturated carbocycles. The molecule has 0 radical (unpaired) electrons. The minimum absolute atomic E-state index is 0.0273. The van der Waals surface area contributed by atoms with Crippen LogP contribution in [0.1, 0.15) is 29.7 Å². The van der Waals surface area contributed by atoms with Crippen LogP contribution in [-0.4, -0.2) is 12.1 Å². The number of nitrogens with zero attached hydrogens (tertiary/aromatic N) is 1. The Labute approximate surface area is 103 Å². The number of rotatable bonds is 5. The monoisotopic (exact) mass is 253 g/mol. The summed E-state index contributed by atoms with van der Waals surface area (Å²) < 4.78 is 30.6. The summed E-state index contributed by atoms with van der Waals surface area (Å²) in [7, 11) is 0. The molecule has 0 unspecified atom stereocenters. The Morgan fingerprint density at radius 3 is 3.00 bits per heavy atom. The molecular weight excluding hydrogens is 240 g/mol. The maximum Gasteiger partial charge on any atom is 0.336 e. The molecule has 5 heteroatoms. The van der Waals surface area contributed by atoms with Gasteiger partial charge in [-0.25, -0.2) is 13.6 Å². The second-order valence-electron chi connectivity index (χ2n) is 4.07. The third kappa shape index (κ3) is 2.39. The maximum absolute atomic E-state index is 12.8. The predicted octanol–water partition coefficient (Wildman–Crippen LogP) is 2.72. The van der Waals surface area contributed by atoms with Crippen molar-refractivity contribution in [1.29, 1.82) is 0 Å². The van der Waals surface area contributed by atoms with Crippen LogP contribution in [0.15, 0.2) is 32.9 Å². The second kappa shape index (κ2) is 5.25. The van der Waals surface area contributed by atoms with E-state index in [-0.39, 0.29) is 18.0 Å². The largest absolute Gasteiger partial charge is 0.425 e. The number of hydrogen-bond acceptors (Lipinski definition) is 3. The fourth-order valence-electron chi connectivity index (χ4n) is 2.06. The zero-order valence-corrected chi connectivity index (χ0v) is 9.79. The van der Waals surface area contributed by atoms with Crippen LogP contribution in [0.3, 0.4) is 0 Å². The molecule has 0 fully saturated rings. The van der Waals surface area contributed by atoms with Crippen LogP contribution in [0.2, 0.25) is 0 Å². The van der Waals surface area contributed by atoms with Gasteiger partial charge in [-0.1, -0.05) is 6.08 Å². The predicted molar refractivity (Wildman–Crippen MR) is 64.4 cm³/mol. The number of fused-ring (bicyclic) bond motifs is 1. The lowest BCUT2D eigenvalue weighted by Crippen LogP contribution is -2.15. The van der Waals surface area contributed by atoms with Crippen LogP contribution in [0.4, 0.5) is 8.78 Å². The summed E-state index contributed by atoms with van der Waals surface area (Å²) in [5.41, 5.74) is 0.156. The minimum atomic E-state index is -2.64. The summed E-state index contributed by atoms with van der Waals surface area (Å²) in [6, 6.07) is 1.28. The highest BCUT2D eigenvalue weighted by molar-refractivity contribution is 6.06. The summed E-state index contributed by atoms with van der Waals surface area (Å²) in [5, 5.41) is 0. The van der Waals surface area contributed by atoms with Gasteiger partial charge < -0.3 is 4.42 Å². The Morgan fingerprint density at radius 1 is 1.56 bits per heavy atom. The Hall–Kier alpha value is -1.78. The number of aliphatic imine (C=N–C) groups is 1. The van der Waals surface area contributed by atoms with E-state index >= 15 is 0 Å². The molecule has 0 aliphatic carbocycles. The lowest BCUT2D eigenvalue weighted by Gasteiger charge is -2.08. The van der Waals surface area contributed by atoms with Crippen molar-refractivity contribution < 1.29 is 13.2 Å². The van der Waals surface area contributed by atoms with Gasteiger partial charge in [-0.15, -0.1) is 6.58 Å². The fraction of sp³-hybridized carbons (Fsp3) is 0.385. The lowest BCUT2D eigenvalue weighted by molar-refractivity contribution is 0.226. The van der Waals surface area contributed by atoms with Crippen molar-refractivity contribution in [3.63, 3.8) is 0 Å². The van der Waals surface area contributed by atoms with E-state index in [4.69, 9.17) is 4.42 Å². The van der Waals surface area contributed by atoms with Crippen molar-refractivity contribution >= 4 is 5.71 Å². The average molecular weight is 253 g/mol. The van der Waals surface area contributed by atoms with Crippen molar-refractivity contribution in [3.8, 4) is 0 Å². The first kappa shape index (κ1) is 12.7. The first-order valence-corrected chi connectivity index (χ1v) is 5.73. The van der Waals surface area contributed by atoms with Crippen LogP contribution in [0, 0.1) is 0 Å². The van der Waals surface area contributed by atoms with Crippen LogP contribution in [0.25, 0.3) is 0 Å². The van der Waals surface area contributed by atoms with E-state index in [0.29, 0.717) is 17.5 Å². The first-order valence-electron chi connectivity index (χ1n) is 5.73. The van der Waals surface area contributed by atoms with Gasteiger partial charge >= 0.3 is 5.63 Å². The van der Waals surface area contributed by atoms with Gasteiger partial charge in [0.15, 0.2) is 0 Å². The second-order valence-corrected chi connectivity index (χ2v) is 4.07. The number of halogens is 2. The molecule has 0 atom stereocenters. The first-order chi connectivity index (χ1) is 8.63. The highest BCUT2D eigenvalue weighted by Gasteiger charge is 2.28. The normalized spacial score (nSPS) is 13.6. The molecule has 0 bridgehead atoms. The molecule has 18 heavy (non-hydrogen) atoms. The lowest BCUT2D eigenvalue weighted by atomic mass is 10.00. The molecule has 0 spiro atoms. The van der Waals surface area contributed by atoms with Gasteiger partial charge in [0.2, 0.25) is 0 Å². The van der Waals surface area contributed by atoms with Crippen LogP contribution in [0.5, 0.6) is 0 Å². The van der Waals surface area contributed by atoms with Gasteiger partial charge in [-0.3, -0.25) is 4.99 Å². The highest BCUT2D eigenvalue weighted by Crippen LogP contribution is 2.25. The molecular formula is C13H13F2NO2. The molecule has 0 N–H and O–H groups in total. The van der Waals surface area contributed by atoms with E-state index in [1.807, 2.05) is 0 Å². The molecule has 1 aliphatic rings. The van der Waals surface area contributed by atoms with E-state index in [2.05, 4.69) is 11.6 Å². The zero-order chi connectivity index (χ0) is 13.1. The van der Waals surface area contributed by atoms with Crippen LogP contribution < -0.4 is 5.63 Å². The van der Waals surface area contributed by atoms with Gasteiger partial charge in [0, 0.05) is 11.6 Å². The van der Waals surface area contributed by atoms with Crippen molar-refractivity contribution in [2.24, 2.45) is 4.99 Å². The van der Waals surface area contributed by atoms with E-state index < -0.39 is 12.1 Å². The van der Waals surface area contributed by atoms with E-state index in [1.165, 1.54) is 6.07 Å². The van der Waals surface area contributed by atoms with Gasteiger partial charge in [0.25, 0.3) is 6.43 Å². The Kier molecular flexibility index (Phi) is 3.69. The van der Waals surface area contributed by atoms with E-state index in [0.717, 1.165) is 12.8 Å².